The van der Waals surface area contributed by atoms with Gasteiger partial charge >= 0.3 is 5.97 Å². The number of allylic oxidation sites excluding steroid dienone is 1. The van der Waals surface area contributed by atoms with E-state index in [2.05, 4.69) is 22.8 Å². The van der Waals surface area contributed by atoms with Crippen molar-refractivity contribution in [3.8, 4) is 0 Å². The molecule has 1 aromatic carbocycles. The molecule has 2 bridgehead atoms. The first-order valence-electron chi connectivity index (χ1n) is 15.5. The second kappa shape index (κ2) is 11.8. The number of aliphatic hydroxyl groups excluding tert-OH is 2. The normalized spacial score (nSPS) is 38.4. The van der Waals surface area contributed by atoms with Crippen molar-refractivity contribution < 1.29 is 48.4 Å². The Bertz CT molecular complexity index is 1320. The van der Waals surface area contributed by atoms with Gasteiger partial charge in [0.15, 0.2) is 6.04 Å². The molecule has 4 N–H and O–H groups in total. The SMILES string of the molecule is C[C@H](O)[C@@H](NC(=O)[C@@]12C[C@H]3OC(=O)[C@@H]1N(Cc1cccc(C=CC4CCC5OC5C4)c1)O[C@@H]2[C@H]1OCO[C@H]13)C(=O)NCCO. The highest BCUT2D eigenvalue weighted by molar-refractivity contribution is 5.96. The topological polar surface area (TPSA) is 168 Å². The Morgan fingerprint density at radius 3 is 2.82 bits per heavy atom. The molecule has 2 saturated carbocycles. The Morgan fingerprint density at radius 2 is 2.02 bits per heavy atom. The molecule has 3 unspecified atom stereocenters. The van der Waals surface area contributed by atoms with E-state index in [9.17, 15) is 19.5 Å². The fourth-order valence-corrected chi connectivity index (χ4v) is 7.63. The summed E-state index contributed by atoms with van der Waals surface area (Å²) in [6.45, 7) is 1.19. The van der Waals surface area contributed by atoms with Crippen molar-refractivity contribution in [2.75, 3.05) is 19.9 Å². The highest BCUT2D eigenvalue weighted by atomic mass is 16.8. The first-order chi connectivity index (χ1) is 21.3. The zero-order valence-electron chi connectivity index (χ0n) is 24.5. The number of carbonyl (C=O) groups is 3. The van der Waals surface area contributed by atoms with E-state index in [1.807, 2.05) is 24.3 Å². The maximum Gasteiger partial charge on any atom is 0.327 e. The number of rotatable bonds is 10. The van der Waals surface area contributed by atoms with E-state index in [1.165, 1.54) is 12.0 Å². The first kappa shape index (κ1) is 29.8. The molecule has 6 fully saturated rings. The zero-order chi connectivity index (χ0) is 30.6. The number of epoxide rings is 1. The molecule has 1 aromatic rings. The van der Waals surface area contributed by atoms with Crippen molar-refractivity contribution in [2.45, 2.75) is 94.0 Å². The molecule has 6 aliphatic rings. The summed E-state index contributed by atoms with van der Waals surface area (Å²) < 4.78 is 23.1. The molecule has 4 heterocycles. The molecule has 2 amide bonds. The van der Waals surface area contributed by atoms with Gasteiger partial charge in [-0.25, -0.2) is 0 Å². The summed E-state index contributed by atoms with van der Waals surface area (Å²) in [5.74, 6) is -1.43. The van der Waals surface area contributed by atoms with Gasteiger partial charge in [0, 0.05) is 13.0 Å². The molecule has 13 nitrogen and oxygen atoms in total. The van der Waals surface area contributed by atoms with Gasteiger partial charge in [-0.1, -0.05) is 36.4 Å². The molecule has 0 aromatic heterocycles. The summed E-state index contributed by atoms with van der Waals surface area (Å²) in [6, 6.07) is 5.47. The number of hydroxylamine groups is 2. The highest BCUT2D eigenvalue weighted by Crippen LogP contribution is 2.55. The number of hydrogen-bond donors (Lipinski definition) is 4. The monoisotopic (exact) mass is 613 g/mol. The number of aliphatic hydroxyl groups is 2. The summed E-state index contributed by atoms with van der Waals surface area (Å²) in [4.78, 5) is 47.1. The lowest BCUT2D eigenvalue weighted by molar-refractivity contribution is -0.201. The fraction of sp³-hybridized carbons (Fsp3) is 0.645. The van der Waals surface area contributed by atoms with E-state index in [1.54, 1.807) is 0 Å². The highest BCUT2D eigenvalue weighted by Gasteiger charge is 2.74. The third-order valence-corrected chi connectivity index (χ3v) is 9.85. The predicted molar refractivity (Wildman–Crippen MR) is 151 cm³/mol. The smallest absolute Gasteiger partial charge is 0.327 e. The summed E-state index contributed by atoms with van der Waals surface area (Å²) in [5, 5.41) is 26.2. The Kier molecular flexibility index (Phi) is 7.98. The molecule has 0 radical (unpaired) electrons. The summed E-state index contributed by atoms with van der Waals surface area (Å²) in [5.41, 5.74) is 0.411. The van der Waals surface area contributed by atoms with Crippen molar-refractivity contribution in [3.63, 3.8) is 0 Å². The zero-order valence-corrected chi connectivity index (χ0v) is 24.5. The van der Waals surface area contributed by atoms with Gasteiger partial charge in [-0.2, -0.15) is 5.06 Å². The van der Waals surface area contributed by atoms with E-state index in [0.717, 1.165) is 30.4 Å². The minimum Gasteiger partial charge on any atom is -0.458 e. The van der Waals surface area contributed by atoms with E-state index in [-0.39, 0.29) is 32.9 Å². The van der Waals surface area contributed by atoms with Crippen molar-refractivity contribution in [1.29, 1.82) is 0 Å². The van der Waals surface area contributed by atoms with Crippen LogP contribution in [-0.2, 0) is 44.7 Å². The van der Waals surface area contributed by atoms with Gasteiger partial charge in [0.2, 0.25) is 11.8 Å². The molecule has 4 aliphatic heterocycles. The standard InChI is InChI=1S/C31H39N3O10/c1-16(36)23(28(37)32-9-10-35)33-30(39)31-13-22-24-25(41-15-40-24)27(31)44-34(26(31)29(38)43-22)14-19-4-2-3-17(11-19)5-6-18-7-8-20-21(12-18)42-20/h2-6,11,16,18,20-27,35-36H,7-10,12-15H2,1H3,(H,32,37)(H,33,39)/t16-,18?,20?,21?,22+,23+,24-,25-,26-,27+,31-/m0/s1. The number of ether oxygens (including phenoxy) is 4. The average molecular weight is 614 g/mol. The molecular formula is C31H39N3O10. The third-order valence-electron chi connectivity index (χ3n) is 9.85. The first-order valence-corrected chi connectivity index (χ1v) is 15.5. The number of nitrogens with one attached hydrogen (secondary N) is 2. The number of benzene rings is 1. The molecule has 4 saturated heterocycles. The number of esters is 1. The van der Waals surface area contributed by atoms with Crippen LogP contribution in [0.2, 0.25) is 0 Å². The summed E-state index contributed by atoms with van der Waals surface area (Å²) in [7, 11) is 0. The Balaban J connectivity index is 1.15. The van der Waals surface area contributed by atoms with Gasteiger partial charge < -0.3 is 39.8 Å². The van der Waals surface area contributed by atoms with Crippen LogP contribution in [0.1, 0.15) is 43.7 Å². The minimum absolute atomic E-state index is 0.0334. The molecule has 0 spiro atoms. The van der Waals surface area contributed by atoms with Crippen LogP contribution >= 0.6 is 0 Å². The Morgan fingerprint density at radius 1 is 1.18 bits per heavy atom. The lowest BCUT2D eigenvalue weighted by atomic mass is 9.62. The minimum atomic E-state index is -1.47. The fourth-order valence-electron chi connectivity index (χ4n) is 7.63. The van der Waals surface area contributed by atoms with E-state index < -0.39 is 65.8 Å². The quantitative estimate of drug-likeness (QED) is 0.203. The largest absolute Gasteiger partial charge is 0.458 e. The van der Waals surface area contributed by atoms with E-state index >= 15 is 0 Å². The number of carbonyl (C=O) groups excluding carboxylic acids is 3. The molecular weight excluding hydrogens is 574 g/mol. The van der Waals surface area contributed by atoms with Crippen LogP contribution in [0, 0.1) is 11.3 Å². The molecule has 238 valence electrons. The lowest BCUT2D eigenvalue weighted by Gasteiger charge is -2.49. The number of hydrogen-bond acceptors (Lipinski definition) is 11. The van der Waals surface area contributed by atoms with Gasteiger partial charge in [-0.15, -0.1) is 0 Å². The number of nitrogens with zero attached hydrogens (tertiary/aromatic N) is 1. The second-order valence-corrected chi connectivity index (χ2v) is 12.7. The Labute approximate surface area is 254 Å². The maximum absolute atomic E-state index is 14.3. The van der Waals surface area contributed by atoms with Crippen LogP contribution < -0.4 is 10.6 Å². The third kappa shape index (κ3) is 5.23. The van der Waals surface area contributed by atoms with Gasteiger partial charge in [-0.05, 0) is 43.2 Å². The van der Waals surface area contributed by atoms with Crippen LogP contribution in [0.3, 0.4) is 0 Å². The molecule has 44 heavy (non-hydrogen) atoms. The van der Waals surface area contributed by atoms with Crippen molar-refractivity contribution in [1.82, 2.24) is 15.7 Å². The molecule has 2 aliphatic carbocycles. The van der Waals surface area contributed by atoms with Crippen molar-refractivity contribution >= 4 is 23.9 Å². The van der Waals surface area contributed by atoms with Gasteiger partial charge in [0.1, 0.15) is 42.7 Å². The van der Waals surface area contributed by atoms with E-state index in [4.69, 9.17) is 28.9 Å². The molecule has 13 heteroatoms. The second-order valence-electron chi connectivity index (χ2n) is 12.7. The van der Waals surface area contributed by atoms with Gasteiger partial charge in [0.05, 0.1) is 31.5 Å². The lowest BCUT2D eigenvalue weighted by Crippen LogP contribution is -2.71. The van der Waals surface area contributed by atoms with Gasteiger partial charge in [0.25, 0.3) is 0 Å². The van der Waals surface area contributed by atoms with Crippen LogP contribution in [0.15, 0.2) is 30.3 Å². The van der Waals surface area contributed by atoms with Crippen LogP contribution in [0.5, 0.6) is 0 Å². The predicted octanol–water partition coefficient (Wildman–Crippen LogP) is -0.217. The summed E-state index contributed by atoms with van der Waals surface area (Å²) in [6.07, 6.45) is 4.39. The van der Waals surface area contributed by atoms with E-state index in [0.29, 0.717) is 18.1 Å². The summed E-state index contributed by atoms with van der Waals surface area (Å²) >= 11 is 0. The maximum atomic E-state index is 14.3. The number of amides is 2. The molecule has 11 atom stereocenters. The van der Waals surface area contributed by atoms with Crippen LogP contribution in [0.4, 0.5) is 0 Å². The van der Waals surface area contributed by atoms with Crippen molar-refractivity contribution in [3.05, 3.63) is 41.5 Å². The number of fused-ring (bicyclic) bond motifs is 5. The van der Waals surface area contributed by atoms with Crippen molar-refractivity contribution in [2.24, 2.45) is 11.3 Å². The average Bonchev–Trinajstić information content (AvgIpc) is 3.44. The Hall–Kier alpha value is -2.91. The van der Waals surface area contributed by atoms with Gasteiger partial charge in [-0.3, -0.25) is 19.2 Å². The van der Waals surface area contributed by atoms with Crippen LogP contribution in [0.25, 0.3) is 6.08 Å². The molecule has 7 rings (SSSR count). The van der Waals surface area contributed by atoms with Crippen LogP contribution in [-0.4, -0.2) is 108 Å².